The Morgan fingerprint density at radius 1 is 1.37 bits per heavy atom. The first-order valence-electron chi connectivity index (χ1n) is 7.28. The number of nitrogens with zero attached hydrogens (tertiary/aromatic N) is 2. The maximum absolute atomic E-state index is 4.79. The van der Waals surface area contributed by atoms with Crippen LogP contribution >= 0.6 is 0 Å². The molecular formula is C16H23N3. The summed E-state index contributed by atoms with van der Waals surface area (Å²) in [5.74, 6) is 2.85. The normalized spacial score (nSPS) is 18.7. The molecule has 1 aromatic carbocycles. The minimum Gasteiger partial charge on any atom is -0.331 e. The molecule has 0 aliphatic heterocycles. The summed E-state index contributed by atoms with van der Waals surface area (Å²) in [6, 6.07) is 8.91. The second-order valence-corrected chi connectivity index (χ2v) is 5.87. The van der Waals surface area contributed by atoms with E-state index in [0.717, 1.165) is 23.8 Å². The lowest BCUT2D eigenvalue weighted by molar-refractivity contribution is 0.351. The van der Waals surface area contributed by atoms with E-state index in [4.69, 9.17) is 4.98 Å². The van der Waals surface area contributed by atoms with E-state index < -0.39 is 0 Å². The van der Waals surface area contributed by atoms with E-state index in [1.54, 1.807) is 0 Å². The second-order valence-electron chi connectivity index (χ2n) is 5.87. The molecule has 1 aliphatic rings. The van der Waals surface area contributed by atoms with Crippen LogP contribution in [0.5, 0.6) is 0 Å². The fourth-order valence-corrected chi connectivity index (χ4v) is 3.08. The lowest BCUT2D eigenvalue weighted by Gasteiger charge is -2.23. The standard InChI is InChI=1S/C16H23N3/c1-11(12-8-9-12)14(17-2)10-16-18-13-6-4-5-7-15(13)19(16)3/h4-7,11-12,14,17H,8-10H2,1-3H3. The van der Waals surface area contributed by atoms with Crippen LogP contribution in [-0.4, -0.2) is 22.6 Å². The van der Waals surface area contributed by atoms with Crippen LogP contribution in [-0.2, 0) is 13.5 Å². The third-order valence-corrected chi connectivity index (χ3v) is 4.65. The number of likely N-dealkylation sites (N-methyl/N-ethyl adjacent to an activating group) is 1. The molecule has 102 valence electrons. The lowest BCUT2D eigenvalue weighted by Crippen LogP contribution is -2.36. The molecule has 1 heterocycles. The molecule has 3 rings (SSSR count). The van der Waals surface area contributed by atoms with Gasteiger partial charge < -0.3 is 9.88 Å². The molecule has 0 bridgehead atoms. The predicted octanol–water partition coefficient (Wildman–Crippen LogP) is 2.75. The number of imidazole rings is 1. The SMILES string of the molecule is CNC(Cc1nc2ccccc2n1C)C(C)C1CC1. The Morgan fingerprint density at radius 3 is 2.74 bits per heavy atom. The highest BCUT2D eigenvalue weighted by Crippen LogP contribution is 2.38. The highest BCUT2D eigenvalue weighted by molar-refractivity contribution is 5.75. The molecule has 3 nitrogen and oxygen atoms in total. The second kappa shape index (κ2) is 4.97. The van der Waals surface area contributed by atoms with Crippen LogP contribution in [0.1, 0.15) is 25.6 Å². The van der Waals surface area contributed by atoms with Gasteiger partial charge in [-0.15, -0.1) is 0 Å². The van der Waals surface area contributed by atoms with Crippen LogP contribution < -0.4 is 5.32 Å². The van der Waals surface area contributed by atoms with Crippen molar-refractivity contribution in [3.05, 3.63) is 30.1 Å². The molecule has 0 amide bonds. The summed E-state index contributed by atoms with van der Waals surface area (Å²) in [6.07, 6.45) is 3.82. The van der Waals surface area contributed by atoms with E-state index in [1.165, 1.54) is 24.2 Å². The zero-order valence-electron chi connectivity index (χ0n) is 12.1. The van der Waals surface area contributed by atoms with Crippen molar-refractivity contribution in [2.75, 3.05) is 7.05 Å². The summed E-state index contributed by atoms with van der Waals surface area (Å²) in [4.78, 5) is 4.79. The third-order valence-electron chi connectivity index (χ3n) is 4.65. The topological polar surface area (TPSA) is 29.9 Å². The number of rotatable bonds is 5. The molecule has 0 radical (unpaired) electrons. The van der Waals surface area contributed by atoms with Crippen LogP contribution in [0.15, 0.2) is 24.3 Å². The van der Waals surface area contributed by atoms with Gasteiger partial charge in [-0.25, -0.2) is 4.98 Å². The first kappa shape index (κ1) is 12.7. The zero-order valence-corrected chi connectivity index (χ0v) is 12.1. The number of para-hydroxylation sites is 2. The van der Waals surface area contributed by atoms with E-state index in [9.17, 15) is 0 Å². The average molecular weight is 257 g/mol. The van der Waals surface area contributed by atoms with Gasteiger partial charge in [0.15, 0.2) is 0 Å². The zero-order chi connectivity index (χ0) is 13.4. The molecule has 19 heavy (non-hydrogen) atoms. The molecule has 2 aromatic rings. The first-order valence-corrected chi connectivity index (χ1v) is 7.28. The van der Waals surface area contributed by atoms with Gasteiger partial charge in [0.25, 0.3) is 0 Å². The minimum absolute atomic E-state index is 0.531. The van der Waals surface area contributed by atoms with Crippen LogP contribution in [0.2, 0.25) is 0 Å². The van der Waals surface area contributed by atoms with Crippen molar-refractivity contribution < 1.29 is 0 Å². The Hall–Kier alpha value is -1.35. The van der Waals surface area contributed by atoms with E-state index in [2.05, 4.69) is 55.2 Å². The van der Waals surface area contributed by atoms with Crippen molar-refractivity contribution in [3.8, 4) is 0 Å². The highest BCUT2D eigenvalue weighted by atomic mass is 15.1. The Kier molecular flexibility index (Phi) is 3.31. The van der Waals surface area contributed by atoms with Gasteiger partial charge in [-0.05, 0) is 43.9 Å². The van der Waals surface area contributed by atoms with E-state index in [1.807, 2.05) is 0 Å². The van der Waals surface area contributed by atoms with Crippen molar-refractivity contribution >= 4 is 11.0 Å². The highest BCUT2D eigenvalue weighted by Gasteiger charge is 2.33. The summed E-state index contributed by atoms with van der Waals surface area (Å²) in [6.45, 7) is 2.38. The molecular weight excluding hydrogens is 234 g/mol. The van der Waals surface area contributed by atoms with Crippen LogP contribution in [0, 0.1) is 11.8 Å². The van der Waals surface area contributed by atoms with Gasteiger partial charge in [-0.3, -0.25) is 0 Å². The smallest absolute Gasteiger partial charge is 0.111 e. The molecule has 1 aliphatic carbocycles. The number of aromatic nitrogens is 2. The van der Waals surface area contributed by atoms with Crippen molar-refractivity contribution in [1.29, 1.82) is 0 Å². The first-order chi connectivity index (χ1) is 9.20. The molecule has 3 heteroatoms. The average Bonchev–Trinajstić information content (AvgIpc) is 3.22. The van der Waals surface area contributed by atoms with Crippen LogP contribution in [0.3, 0.4) is 0 Å². The van der Waals surface area contributed by atoms with Crippen LogP contribution in [0.25, 0.3) is 11.0 Å². The van der Waals surface area contributed by atoms with E-state index >= 15 is 0 Å². The van der Waals surface area contributed by atoms with Gasteiger partial charge in [0.05, 0.1) is 11.0 Å². The summed E-state index contributed by atoms with van der Waals surface area (Å²) in [5.41, 5.74) is 2.33. The monoisotopic (exact) mass is 257 g/mol. The Bertz CT molecular complexity index is 568. The van der Waals surface area contributed by atoms with Crippen molar-refractivity contribution in [3.63, 3.8) is 0 Å². The van der Waals surface area contributed by atoms with Gasteiger partial charge in [0.2, 0.25) is 0 Å². The lowest BCUT2D eigenvalue weighted by atomic mass is 9.94. The molecule has 2 unspecified atom stereocenters. The number of hydrogen-bond acceptors (Lipinski definition) is 2. The number of aryl methyl sites for hydroxylation is 1. The summed E-state index contributed by atoms with van der Waals surface area (Å²) in [7, 11) is 4.20. The quantitative estimate of drug-likeness (QED) is 0.892. The van der Waals surface area contributed by atoms with Crippen molar-refractivity contribution in [2.45, 2.75) is 32.2 Å². The molecule has 0 saturated heterocycles. The van der Waals surface area contributed by atoms with Gasteiger partial charge >= 0.3 is 0 Å². The Morgan fingerprint density at radius 2 is 2.11 bits per heavy atom. The summed E-state index contributed by atoms with van der Waals surface area (Å²) in [5, 5.41) is 3.49. The summed E-state index contributed by atoms with van der Waals surface area (Å²) < 4.78 is 2.24. The van der Waals surface area contributed by atoms with E-state index in [-0.39, 0.29) is 0 Å². The molecule has 1 fully saturated rings. The number of benzene rings is 1. The number of hydrogen-bond donors (Lipinski definition) is 1. The maximum Gasteiger partial charge on any atom is 0.111 e. The largest absolute Gasteiger partial charge is 0.331 e. The molecule has 2 atom stereocenters. The molecule has 1 aromatic heterocycles. The van der Waals surface area contributed by atoms with Gasteiger partial charge in [-0.1, -0.05) is 19.1 Å². The minimum atomic E-state index is 0.531. The fourth-order valence-electron chi connectivity index (χ4n) is 3.08. The Labute approximate surface area is 115 Å². The van der Waals surface area contributed by atoms with Gasteiger partial charge in [0.1, 0.15) is 5.82 Å². The summed E-state index contributed by atoms with van der Waals surface area (Å²) >= 11 is 0. The van der Waals surface area contributed by atoms with Gasteiger partial charge in [0, 0.05) is 19.5 Å². The maximum atomic E-state index is 4.79. The van der Waals surface area contributed by atoms with Gasteiger partial charge in [-0.2, -0.15) is 0 Å². The number of fused-ring (bicyclic) bond motifs is 1. The Balaban J connectivity index is 1.85. The van der Waals surface area contributed by atoms with Crippen molar-refractivity contribution in [2.24, 2.45) is 18.9 Å². The molecule has 1 N–H and O–H groups in total. The third kappa shape index (κ3) is 2.39. The predicted molar refractivity (Wildman–Crippen MR) is 79.2 cm³/mol. The van der Waals surface area contributed by atoms with E-state index in [0.29, 0.717) is 6.04 Å². The fraction of sp³-hybridized carbons (Fsp3) is 0.562. The van der Waals surface area contributed by atoms with Crippen LogP contribution in [0.4, 0.5) is 0 Å². The number of nitrogens with one attached hydrogen (secondary N) is 1. The van der Waals surface area contributed by atoms with Crippen molar-refractivity contribution in [1.82, 2.24) is 14.9 Å². The molecule has 0 spiro atoms. The molecule has 1 saturated carbocycles.